The molecule has 0 aromatic heterocycles. The van der Waals surface area contributed by atoms with Crippen LogP contribution in [0.3, 0.4) is 0 Å². The topological polar surface area (TPSA) is 58.4 Å². The summed E-state index contributed by atoms with van der Waals surface area (Å²) < 4.78 is 0. The number of nitrogens with zero attached hydrogens (tertiary/aromatic N) is 1. The van der Waals surface area contributed by atoms with E-state index in [1.807, 2.05) is 25.1 Å². The number of carbonyl (C=O) groups is 1. The molecule has 0 atom stereocenters. The fraction of sp³-hybridized carbons (Fsp3) is 0.417. The van der Waals surface area contributed by atoms with Gasteiger partial charge in [0.15, 0.2) is 0 Å². The van der Waals surface area contributed by atoms with Gasteiger partial charge in [-0.05, 0) is 24.6 Å². The van der Waals surface area contributed by atoms with E-state index in [2.05, 4.69) is 10.2 Å². The number of piperazine rings is 1. The number of anilines is 1. The number of rotatable bonds is 2. The number of amides is 1. The second-order valence-electron chi connectivity index (χ2n) is 4.10. The summed E-state index contributed by atoms with van der Waals surface area (Å²) in [7, 11) is 0. The lowest BCUT2D eigenvalue weighted by Crippen LogP contribution is -2.43. The maximum absolute atomic E-state index is 11.2. The van der Waals surface area contributed by atoms with Crippen LogP contribution in [0.2, 0.25) is 0 Å². The molecule has 0 aliphatic carbocycles. The van der Waals surface area contributed by atoms with Gasteiger partial charge >= 0.3 is 0 Å². The predicted octanol–water partition coefficient (Wildman–Crippen LogP) is 0.504. The first-order valence-corrected chi connectivity index (χ1v) is 5.54. The first kappa shape index (κ1) is 11.0. The number of nitrogens with two attached hydrogens (primary N) is 1. The van der Waals surface area contributed by atoms with Crippen molar-refractivity contribution in [2.24, 2.45) is 5.73 Å². The number of hydrogen-bond donors (Lipinski definition) is 2. The van der Waals surface area contributed by atoms with Crippen LogP contribution in [0.4, 0.5) is 5.69 Å². The molecule has 1 aliphatic rings. The normalized spacial score (nSPS) is 16.2. The second kappa shape index (κ2) is 4.53. The third kappa shape index (κ3) is 2.17. The average molecular weight is 219 g/mol. The third-order valence-corrected chi connectivity index (χ3v) is 2.97. The van der Waals surface area contributed by atoms with Crippen molar-refractivity contribution in [2.45, 2.75) is 6.92 Å². The summed E-state index contributed by atoms with van der Waals surface area (Å²) in [6.07, 6.45) is 0. The Morgan fingerprint density at radius 1 is 1.38 bits per heavy atom. The van der Waals surface area contributed by atoms with Crippen molar-refractivity contribution < 1.29 is 4.79 Å². The number of carbonyl (C=O) groups excluding carboxylic acids is 1. The van der Waals surface area contributed by atoms with Crippen molar-refractivity contribution in [3.05, 3.63) is 29.3 Å². The van der Waals surface area contributed by atoms with Crippen molar-refractivity contribution in [1.29, 1.82) is 0 Å². The molecule has 3 N–H and O–H groups in total. The van der Waals surface area contributed by atoms with Crippen molar-refractivity contribution in [3.63, 3.8) is 0 Å². The molecular formula is C12H17N3O. The van der Waals surface area contributed by atoms with Crippen LogP contribution in [0, 0.1) is 6.92 Å². The van der Waals surface area contributed by atoms with E-state index >= 15 is 0 Å². The standard InChI is InChI=1S/C12H17N3O/c1-9-2-3-10(8-11(9)12(13)16)15-6-4-14-5-7-15/h2-3,8,14H,4-7H2,1H3,(H2,13,16). The van der Waals surface area contributed by atoms with Gasteiger partial charge in [0.05, 0.1) is 0 Å². The summed E-state index contributed by atoms with van der Waals surface area (Å²) in [6.45, 7) is 5.82. The lowest BCUT2D eigenvalue weighted by molar-refractivity contribution is 0.1000. The molecule has 16 heavy (non-hydrogen) atoms. The molecule has 4 nitrogen and oxygen atoms in total. The van der Waals surface area contributed by atoms with E-state index in [1.54, 1.807) is 0 Å². The molecule has 0 bridgehead atoms. The maximum Gasteiger partial charge on any atom is 0.249 e. The van der Waals surface area contributed by atoms with Crippen LogP contribution in [0.25, 0.3) is 0 Å². The van der Waals surface area contributed by atoms with Crippen molar-refractivity contribution in [1.82, 2.24) is 5.32 Å². The Kier molecular flexibility index (Phi) is 3.10. The number of benzene rings is 1. The summed E-state index contributed by atoms with van der Waals surface area (Å²) in [5.74, 6) is -0.352. The zero-order chi connectivity index (χ0) is 11.5. The Bertz CT molecular complexity index is 397. The van der Waals surface area contributed by atoms with Crippen molar-refractivity contribution in [2.75, 3.05) is 31.1 Å². The monoisotopic (exact) mass is 219 g/mol. The molecule has 1 fully saturated rings. The first-order valence-electron chi connectivity index (χ1n) is 5.54. The van der Waals surface area contributed by atoms with E-state index in [0.29, 0.717) is 5.56 Å². The van der Waals surface area contributed by atoms with Crippen LogP contribution in [0.15, 0.2) is 18.2 Å². The van der Waals surface area contributed by atoms with Crippen LogP contribution in [-0.2, 0) is 0 Å². The smallest absolute Gasteiger partial charge is 0.249 e. The lowest BCUT2D eigenvalue weighted by atomic mass is 10.1. The van der Waals surface area contributed by atoms with Crippen molar-refractivity contribution >= 4 is 11.6 Å². The highest BCUT2D eigenvalue weighted by molar-refractivity contribution is 5.95. The maximum atomic E-state index is 11.2. The molecule has 1 amide bonds. The van der Waals surface area contributed by atoms with Crippen LogP contribution in [-0.4, -0.2) is 32.1 Å². The minimum Gasteiger partial charge on any atom is -0.369 e. The summed E-state index contributed by atoms with van der Waals surface area (Å²) in [5.41, 5.74) is 7.99. The Morgan fingerprint density at radius 3 is 2.69 bits per heavy atom. The number of hydrogen-bond acceptors (Lipinski definition) is 3. The van der Waals surface area contributed by atoms with Gasteiger partial charge in [-0.3, -0.25) is 4.79 Å². The predicted molar refractivity (Wildman–Crippen MR) is 64.8 cm³/mol. The second-order valence-corrected chi connectivity index (χ2v) is 4.10. The van der Waals surface area contributed by atoms with E-state index in [9.17, 15) is 4.79 Å². The van der Waals surface area contributed by atoms with Gasteiger partial charge in [-0.15, -0.1) is 0 Å². The van der Waals surface area contributed by atoms with Crippen LogP contribution in [0.5, 0.6) is 0 Å². The molecule has 1 aliphatic heterocycles. The highest BCUT2D eigenvalue weighted by Gasteiger charge is 2.13. The SMILES string of the molecule is Cc1ccc(N2CCNCC2)cc1C(N)=O. The van der Waals surface area contributed by atoms with Crippen molar-refractivity contribution in [3.8, 4) is 0 Å². The zero-order valence-corrected chi connectivity index (χ0v) is 9.49. The van der Waals surface area contributed by atoms with Gasteiger partial charge in [0, 0.05) is 37.4 Å². The number of primary amides is 1. The molecule has 1 heterocycles. The minimum atomic E-state index is -0.352. The highest BCUT2D eigenvalue weighted by Crippen LogP contribution is 2.19. The average Bonchev–Trinajstić information content (AvgIpc) is 2.30. The van der Waals surface area contributed by atoms with Crippen LogP contribution < -0.4 is 16.0 Å². The van der Waals surface area contributed by atoms with E-state index in [0.717, 1.165) is 37.4 Å². The Labute approximate surface area is 95.4 Å². The molecular weight excluding hydrogens is 202 g/mol. The summed E-state index contributed by atoms with van der Waals surface area (Å²) in [4.78, 5) is 13.5. The van der Waals surface area contributed by atoms with E-state index < -0.39 is 0 Å². The first-order chi connectivity index (χ1) is 7.68. The summed E-state index contributed by atoms with van der Waals surface area (Å²) in [5, 5.41) is 3.30. The molecule has 2 rings (SSSR count). The molecule has 0 spiro atoms. The molecule has 1 saturated heterocycles. The summed E-state index contributed by atoms with van der Waals surface area (Å²) in [6, 6.07) is 5.90. The Morgan fingerprint density at radius 2 is 2.06 bits per heavy atom. The number of aryl methyl sites for hydroxylation is 1. The fourth-order valence-corrected chi connectivity index (χ4v) is 2.00. The van der Waals surface area contributed by atoms with Gasteiger partial charge in [0.25, 0.3) is 0 Å². The molecule has 86 valence electrons. The van der Waals surface area contributed by atoms with E-state index in [-0.39, 0.29) is 5.91 Å². The minimum absolute atomic E-state index is 0.352. The Hall–Kier alpha value is -1.55. The summed E-state index contributed by atoms with van der Waals surface area (Å²) >= 11 is 0. The quantitative estimate of drug-likeness (QED) is 0.761. The van der Waals surface area contributed by atoms with E-state index in [4.69, 9.17) is 5.73 Å². The highest BCUT2D eigenvalue weighted by atomic mass is 16.1. The lowest BCUT2D eigenvalue weighted by Gasteiger charge is -2.29. The van der Waals surface area contributed by atoms with Gasteiger partial charge in [-0.2, -0.15) is 0 Å². The zero-order valence-electron chi connectivity index (χ0n) is 9.49. The van der Waals surface area contributed by atoms with Crippen LogP contribution in [0.1, 0.15) is 15.9 Å². The number of nitrogens with one attached hydrogen (secondary N) is 1. The third-order valence-electron chi connectivity index (χ3n) is 2.97. The Balaban J connectivity index is 2.27. The van der Waals surface area contributed by atoms with Gasteiger partial charge in [-0.1, -0.05) is 6.07 Å². The molecule has 0 unspecified atom stereocenters. The fourth-order valence-electron chi connectivity index (χ4n) is 2.00. The molecule has 0 saturated carbocycles. The van der Waals surface area contributed by atoms with Gasteiger partial charge in [0.2, 0.25) is 5.91 Å². The van der Waals surface area contributed by atoms with Gasteiger partial charge < -0.3 is 16.0 Å². The van der Waals surface area contributed by atoms with Gasteiger partial charge in [0.1, 0.15) is 0 Å². The molecule has 4 heteroatoms. The van der Waals surface area contributed by atoms with Gasteiger partial charge in [-0.25, -0.2) is 0 Å². The molecule has 1 aromatic rings. The van der Waals surface area contributed by atoms with Crippen LogP contribution >= 0.6 is 0 Å². The molecule has 1 aromatic carbocycles. The van der Waals surface area contributed by atoms with E-state index in [1.165, 1.54) is 0 Å². The largest absolute Gasteiger partial charge is 0.369 e. The molecule has 0 radical (unpaired) electrons.